The van der Waals surface area contributed by atoms with Crippen molar-refractivity contribution in [1.29, 1.82) is 0 Å². The molecule has 0 radical (unpaired) electrons. The molecule has 0 aromatic heterocycles. The molecule has 0 saturated carbocycles. The van der Waals surface area contributed by atoms with E-state index in [1.54, 1.807) is 32.0 Å². The van der Waals surface area contributed by atoms with Crippen molar-refractivity contribution in [3.8, 4) is 0 Å². The van der Waals surface area contributed by atoms with Crippen LogP contribution in [-0.4, -0.2) is 25.2 Å². The van der Waals surface area contributed by atoms with Gasteiger partial charge in [-0.05, 0) is 31.9 Å². The first-order chi connectivity index (χ1) is 12.5. The maximum atomic E-state index is 12.7. The van der Waals surface area contributed by atoms with E-state index in [4.69, 9.17) is 15.4 Å². The third-order valence-electron chi connectivity index (χ3n) is 4.36. The van der Waals surface area contributed by atoms with E-state index in [-0.39, 0.29) is 11.0 Å². The second-order valence-electron chi connectivity index (χ2n) is 6.38. The zero-order chi connectivity index (χ0) is 20.4. The Bertz CT molecular complexity index is 980. The maximum absolute atomic E-state index is 12.7. The first kappa shape index (κ1) is 21.7. The third kappa shape index (κ3) is 4.80. The summed E-state index contributed by atoms with van der Waals surface area (Å²) in [6, 6.07) is 7.71. The Labute approximate surface area is 159 Å². The number of hydrogen-bond acceptors (Lipinski definition) is 6. The Morgan fingerprint density at radius 1 is 1.19 bits per heavy atom. The highest BCUT2D eigenvalue weighted by molar-refractivity contribution is 7.89. The van der Waals surface area contributed by atoms with Crippen molar-refractivity contribution in [2.24, 2.45) is 5.14 Å². The molecule has 6 N–H and O–H groups in total. The molecule has 0 amide bonds. The molecule has 0 aliphatic carbocycles. The van der Waals surface area contributed by atoms with Gasteiger partial charge in [0.05, 0.1) is 22.4 Å². The average Bonchev–Trinajstić information content (AvgIpc) is 2.58. The summed E-state index contributed by atoms with van der Waals surface area (Å²) >= 11 is 0. The van der Waals surface area contributed by atoms with E-state index in [2.05, 4.69) is 5.32 Å². The highest BCUT2D eigenvalue weighted by Crippen LogP contribution is 2.51. The molecular weight excluding hydrogens is 389 g/mol. The van der Waals surface area contributed by atoms with Crippen molar-refractivity contribution >= 4 is 39.8 Å². The van der Waals surface area contributed by atoms with Crippen molar-refractivity contribution in [2.45, 2.75) is 50.4 Å². The fourth-order valence-corrected chi connectivity index (χ4v) is 5.06. The fraction of sp³-hybridized carbons (Fsp3) is 0.412. The second-order valence-corrected chi connectivity index (χ2v) is 9.88. The monoisotopic (exact) mass is 415 g/mol. The Morgan fingerprint density at radius 3 is 2.41 bits per heavy atom. The highest BCUT2D eigenvalue weighted by Gasteiger charge is 2.33. The molecule has 150 valence electrons. The molecule has 0 aliphatic rings. The molecule has 0 bridgehead atoms. The summed E-state index contributed by atoms with van der Waals surface area (Å²) in [4.78, 5) is 10.4. The Kier molecular flexibility index (Phi) is 6.55. The summed E-state index contributed by atoms with van der Waals surface area (Å²) in [5.41, 5.74) is 6.75. The molecule has 0 fully saturated rings. The van der Waals surface area contributed by atoms with Crippen LogP contribution in [0.5, 0.6) is 0 Å². The zero-order valence-electron chi connectivity index (χ0n) is 15.5. The predicted octanol–water partition coefficient (Wildman–Crippen LogP) is 3.22. The molecule has 0 saturated heterocycles. The number of benzene rings is 2. The number of primary sulfonamides is 1. The Balaban J connectivity index is 2.55. The second kappa shape index (κ2) is 8.16. The minimum absolute atomic E-state index is 0.0425. The fourth-order valence-electron chi connectivity index (χ4n) is 2.74. The van der Waals surface area contributed by atoms with E-state index in [1.165, 1.54) is 12.1 Å². The number of fused-ring (bicyclic) bond motifs is 1. The van der Waals surface area contributed by atoms with Gasteiger partial charge in [0.1, 0.15) is 5.78 Å². The smallest absolute Gasteiger partial charge is 0.350 e. The van der Waals surface area contributed by atoms with Crippen LogP contribution in [0.25, 0.3) is 10.8 Å². The highest BCUT2D eigenvalue weighted by atomic mass is 32.2. The maximum Gasteiger partial charge on any atom is 0.350 e. The van der Waals surface area contributed by atoms with Crippen LogP contribution in [0.2, 0.25) is 0 Å². The quantitative estimate of drug-likeness (QED) is 0.382. The summed E-state index contributed by atoms with van der Waals surface area (Å²) in [5, 5.41) is 9.15. The molecule has 2 rings (SSSR count). The van der Waals surface area contributed by atoms with Gasteiger partial charge in [-0.3, -0.25) is 4.57 Å². The first-order valence-electron chi connectivity index (χ1n) is 8.62. The summed E-state index contributed by atoms with van der Waals surface area (Å²) in [5.74, 6) is -0.905. The first-order valence-corrected chi connectivity index (χ1v) is 11.8. The van der Waals surface area contributed by atoms with Crippen LogP contribution in [0.4, 0.5) is 11.4 Å². The van der Waals surface area contributed by atoms with Crippen LogP contribution in [0.15, 0.2) is 35.2 Å². The standard InChI is InChI=1S/C17H26N3O5PS/c1-4-11(3)25-26(21,22)16(5-2)20-17-13-7-6-8-15(27(19,23)24)12(13)9-10-14(17)18/h6-11,16,20H,4-5,18H2,1-3H3,(H,21,22)(H2,19,23,24). The molecular formula is C17H26N3O5PS. The molecule has 27 heavy (non-hydrogen) atoms. The van der Waals surface area contributed by atoms with Crippen LogP contribution >= 0.6 is 7.60 Å². The van der Waals surface area contributed by atoms with Crippen LogP contribution < -0.4 is 16.2 Å². The topological polar surface area (TPSA) is 145 Å². The molecule has 0 heterocycles. The van der Waals surface area contributed by atoms with E-state index >= 15 is 0 Å². The van der Waals surface area contributed by atoms with E-state index < -0.39 is 23.4 Å². The van der Waals surface area contributed by atoms with Gasteiger partial charge in [-0.1, -0.05) is 32.0 Å². The number of nitrogens with one attached hydrogen (secondary N) is 1. The van der Waals surface area contributed by atoms with Gasteiger partial charge in [-0.15, -0.1) is 0 Å². The van der Waals surface area contributed by atoms with E-state index in [0.717, 1.165) is 0 Å². The van der Waals surface area contributed by atoms with Gasteiger partial charge in [0, 0.05) is 10.8 Å². The molecule has 2 aromatic rings. The molecule has 3 unspecified atom stereocenters. The molecule has 8 nitrogen and oxygen atoms in total. The number of anilines is 2. The molecule has 0 spiro atoms. The largest absolute Gasteiger partial charge is 0.397 e. The SMILES string of the molecule is CCC(C)OP(=O)(O)C(CC)Nc1c(N)ccc2c(S(N)(=O)=O)cccc12. The van der Waals surface area contributed by atoms with E-state index in [0.29, 0.717) is 35.0 Å². The summed E-state index contributed by atoms with van der Waals surface area (Å²) in [7, 11) is -7.93. The van der Waals surface area contributed by atoms with Crippen molar-refractivity contribution in [2.75, 3.05) is 11.1 Å². The minimum atomic E-state index is -3.99. The molecule has 10 heteroatoms. The van der Waals surface area contributed by atoms with Crippen LogP contribution in [-0.2, 0) is 19.1 Å². The van der Waals surface area contributed by atoms with E-state index in [9.17, 15) is 17.9 Å². The lowest BCUT2D eigenvalue weighted by Gasteiger charge is -2.27. The number of rotatable bonds is 8. The lowest BCUT2D eigenvalue weighted by Crippen LogP contribution is -2.23. The molecule has 0 aliphatic heterocycles. The Morgan fingerprint density at radius 2 is 1.85 bits per heavy atom. The zero-order valence-corrected chi connectivity index (χ0v) is 17.3. The van der Waals surface area contributed by atoms with Crippen LogP contribution in [0.1, 0.15) is 33.6 Å². The van der Waals surface area contributed by atoms with Gasteiger partial charge in [0.2, 0.25) is 10.0 Å². The lowest BCUT2D eigenvalue weighted by atomic mass is 10.1. The van der Waals surface area contributed by atoms with E-state index in [1.807, 2.05) is 6.92 Å². The number of nitrogen functional groups attached to an aromatic ring is 1. The molecule has 2 aromatic carbocycles. The average molecular weight is 415 g/mol. The van der Waals surface area contributed by atoms with Gasteiger partial charge >= 0.3 is 7.60 Å². The third-order valence-corrected chi connectivity index (χ3v) is 7.27. The normalized spacial score (nSPS) is 16.6. The van der Waals surface area contributed by atoms with Gasteiger partial charge in [-0.2, -0.15) is 0 Å². The lowest BCUT2D eigenvalue weighted by molar-refractivity contribution is 0.181. The van der Waals surface area contributed by atoms with Crippen molar-refractivity contribution in [3.63, 3.8) is 0 Å². The number of sulfonamides is 1. The van der Waals surface area contributed by atoms with Gasteiger partial charge in [0.25, 0.3) is 0 Å². The van der Waals surface area contributed by atoms with Gasteiger partial charge in [0.15, 0.2) is 0 Å². The number of hydrogen-bond donors (Lipinski definition) is 4. The number of nitrogens with two attached hydrogens (primary N) is 2. The summed E-state index contributed by atoms with van der Waals surface area (Å²) in [6.45, 7) is 5.33. The van der Waals surface area contributed by atoms with Gasteiger partial charge < -0.3 is 20.5 Å². The predicted molar refractivity (Wildman–Crippen MR) is 108 cm³/mol. The minimum Gasteiger partial charge on any atom is -0.397 e. The molecule has 3 atom stereocenters. The van der Waals surface area contributed by atoms with Crippen LogP contribution in [0.3, 0.4) is 0 Å². The summed E-state index contributed by atoms with van der Waals surface area (Å²) in [6.07, 6.45) is 0.514. The van der Waals surface area contributed by atoms with Crippen molar-refractivity contribution < 1.29 is 22.4 Å². The Hall–Kier alpha value is -1.64. The van der Waals surface area contributed by atoms with Gasteiger partial charge in [-0.25, -0.2) is 13.6 Å². The summed E-state index contributed by atoms with van der Waals surface area (Å²) < 4.78 is 41.8. The van der Waals surface area contributed by atoms with Crippen molar-refractivity contribution in [3.05, 3.63) is 30.3 Å². The van der Waals surface area contributed by atoms with Crippen molar-refractivity contribution in [1.82, 2.24) is 0 Å². The van der Waals surface area contributed by atoms with Crippen LogP contribution in [0, 0.1) is 0 Å².